The molecule has 0 atom stereocenters. The Bertz CT molecular complexity index is 293. The zero-order valence-electron chi connectivity index (χ0n) is 6.63. The Morgan fingerprint density at radius 1 is 1.75 bits per heavy atom. The molecule has 12 heavy (non-hydrogen) atoms. The van der Waals surface area contributed by atoms with Gasteiger partial charge in [-0.15, -0.1) is 11.3 Å². The van der Waals surface area contributed by atoms with E-state index < -0.39 is 5.97 Å². The van der Waals surface area contributed by atoms with Crippen molar-refractivity contribution in [1.29, 1.82) is 0 Å². The van der Waals surface area contributed by atoms with Gasteiger partial charge in [-0.25, -0.2) is 4.79 Å². The molecular formula is C8H9BrO2S. The van der Waals surface area contributed by atoms with Gasteiger partial charge in [-0.3, -0.25) is 0 Å². The van der Waals surface area contributed by atoms with Crippen LogP contribution in [0.15, 0.2) is 9.85 Å². The molecule has 0 saturated carbocycles. The summed E-state index contributed by atoms with van der Waals surface area (Å²) in [6.45, 7) is 2.08. The summed E-state index contributed by atoms with van der Waals surface area (Å²) in [6.07, 6.45) is 2.00. The Balaban J connectivity index is 2.92. The molecule has 0 aliphatic rings. The summed E-state index contributed by atoms with van der Waals surface area (Å²) >= 11 is 4.73. The molecule has 4 heteroatoms. The summed E-state index contributed by atoms with van der Waals surface area (Å²) < 4.78 is 0.721. The number of carboxylic acids is 1. The third kappa shape index (κ3) is 2.08. The van der Waals surface area contributed by atoms with Crippen LogP contribution in [-0.4, -0.2) is 11.1 Å². The van der Waals surface area contributed by atoms with Crippen LogP contribution >= 0.6 is 27.3 Å². The first-order valence-corrected chi connectivity index (χ1v) is 5.27. The molecule has 0 fully saturated rings. The fraction of sp³-hybridized carbons (Fsp3) is 0.375. The van der Waals surface area contributed by atoms with Gasteiger partial charge < -0.3 is 5.11 Å². The van der Waals surface area contributed by atoms with Crippen LogP contribution in [0.5, 0.6) is 0 Å². The second-order valence-electron chi connectivity index (χ2n) is 2.46. The Kier molecular flexibility index (Phi) is 3.29. The number of halogens is 1. The van der Waals surface area contributed by atoms with Crippen molar-refractivity contribution in [3.05, 3.63) is 20.3 Å². The van der Waals surface area contributed by atoms with Gasteiger partial charge in [0.2, 0.25) is 0 Å². The predicted molar refractivity (Wildman–Crippen MR) is 53.0 cm³/mol. The third-order valence-electron chi connectivity index (χ3n) is 1.46. The molecule has 0 spiro atoms. The maximum absolute atomic E-state index is 10.6. The molecule has 1 rings (SSSR count). The Morgan fingerprint density at radius 3 is 2.83 bits per heavy atom. The number of aryl methyl sites for hydroxylation is 1. The SMILES string of the molecule is CCCc1cc(C(=O)O)c(Br)s1. The predicted octanol–water partition coefficient (Wildman–Crippen LogP) is 3.16. The molecule has 0 amide bonds. The molecule has 1 aromatic rings. The van der Waals surface area contributed by atoms with E-state index in [1.165, 1.54) is 11.3 Å². The van der Waals surface area contributed by atoms with Gasteiger partial charge in [-0.1, -0.05) is 13.3 Å². The maximum atomic E-state index is 10.6. The van der Waals surface area contributed by atoms with Crippen LogP contribution < -0.4 is 0 Å². The van der Waals surface area contributed by atoms with Crippen molar-refractivity contribution in [3.8, 4) is 0 Å². The van der Waals surface area contributed by atoms with E-state index in [-0.39, 0.29) is 0 Å². The van der Waals surface area contributed by atoms with Crippen LogP contribution in [0.3, 0.4) is 0 Å². The van der Waals surface area contributed by atoms with Gasteiger partial charge in [0.25, 0.3) is 0 Å². The van der Waals surface area contributed by atoms with E-state index >= 15 is 0 Å². The van der Waals surface area contributed by atoms with Gasteiger partial charge in [0.15, 0.2) is 0 Å². The van der Waals surface area contributed by atoms with Crippen molar-refractivity contribution < 1.29 is 9.90 Å². The first kappa shape index (κ1) is 9.74. The van der Waals surface area contributed by atoms with E-state index in [0.29, 0.717) is 5.56 Å². The highest BCUT2D eigenvalue weighted by Crippen LogP contribution is 2.28. The Labute approximate surface area is 83.4 Å². The highest BCUT2D eigenvalue weighted by molar-refractivity contribution is 9.11. The minimum Gasteiger partial charge on any atom is -0.478 e. The molecule has 2 nitrogen and oxygen atoms in total. The molecule has 1 aromatic heterocycles. The third-order valence-corrected chi connectivity index (χ3v) is 3.36. The molecule has 0 aliphatic carbocycles. The zero-order chi connectivity index (χ0) is 9.14. The molecule has 0 unspecified atom stereocenters. The van der Waals surface area contributed by atoms with E-state index in [1.54, 1.807) is 6.07 Å². The summed E-state index contributed by atoms with van der Waals surface area (Å²) in [7, 11) is 0. The van der Waals surface area contributed by atoms with Crippen LogP contribution in [0, 0.1) is 0 Å². The van der Waals surface area contributed by atoms with Gasteiger partial charge in [0, 0.05) is 4.88 Å². The average Bonchev–Trinajstić information content (AvgIpc) is 2.32. The zero-order valence-corrected chi connectivity index (χ0v) is 9.04. The van der Waals surface area contributed by atoms with Crippen LogP contribution in [0.25, 0.3) is 0 Å². The topological polar surface area (TPSA) is 37.3 Å². The number of carbonyl (C=O) groups is 1. The number of thiophene rings is 1. The van der Waals surface area contributed by atoms with Crippen molar-refractivity contribution in [2.24, 2.45) is 0 Å². The van der Waals surface area contributed by atoms with Crippen LogP contribution in [0.1, 0.15) is 28.6 Å². The quantitative estimate of drug-likeness (QED) is 0.893. The van der Waals surface area contributed by atoms with E-state index in [9.17, 15) is 4.79 Å². The Hall–Kier alpha value is -0.350. The van der Waals surface area contributed by atoms with E-state index in [0.717, 1.165) is 21.5 Å². The Morgan fingerprint density at radius 2 is 2.42 bits per heavy atom. The molecule has 0 aliphatic heterocycles. The second-order valence-corrected chi connectivity index (χ2v) is 4.91. The molecule has 1 heterocycles. The largest absolute Gasteiger partial charge is 0.478 e. The molecule has 1 N–H and O–H groups in total. The van der Waals surface area contributed by atoms with Gasteiger partial charge in [0.1, 0.15) is 0 Å². The smallest absolute Gasteiger partial charge is 0.337 e. The number of hydrogen-bond acceptors (Lipinski definition) is 2. The standard InChI is InChI=1S/C8H9BrO2S/c1-2-3-5-4-6(8(10)11)7(9)12-5/h4H,2-3H2,1H3,(H,10,11). The molecule has 66 valence electrons. The highest BCUT2D eigenvalue weighted by Gasteiger charge is 2.11. The van der Waals surface area contributed by atoms with Gasteiger partial charge in [0.05, 0.1) is 9.35 Å². The van der Waals surface area contributed by atoms with Gasteiger partial charge in [-0.2, -0.15) is 0 Å². The van der Waals surface area contributed by atoms with Gasteiger partial charge in [-0.05, 0) is 28.4 Å². The monoisotopic (exact) mass is 248 g/mol. The fourth-order valence-electron chi connectivity index (χ4n) is 0.933. The number of aromatic carboxylic acids is 1. The lowest BCUT2D eigenvalue weighted by atomic mass is 10.2. The van der Waals surface area contributed by atoms with Crippen molar-refractivity contribution >= 4 is 33.2 Å². The number of hydrogen-bond donors (Lipinski definition) is 1. The highest BCUT2D eigenvalue weighted by atomic mass is 79.9. The summed E-state index contributed by atoms with van der Waals surface area (Å²) in [4.78, 5) is 11.7. The summed E-state index contributed by atoms with van der Waals surface area (Å²) in [5, 5.41) is 8.72. The lowest BCUT2D eigenvalue weighted by Gasteiger charge is -1.87. The van der Waals surface area contributed by atoms with Crippen molar-refractivity contribution in [2.45, 2.75) is 19.8 Å². The fourth-order valence-corrected chi connectivity index (χ4v) is 2.81. The van der Waals surface area contributed by atoms with Crippen LogP contribution in [0.4, 0.5) is 0 Å². The lowest BCUT2D eigenvalue weighted by molar-refractivity contribution is 0.0696. The maximum Gasteiger partial charge on any atom is 0.337 e. The molecule has 0 saturated heterocycles. The van der Waals surface area contributed by atoms with Crippen LogP contribution in [-0.2, 0) is 6.42 Å². The van der Waals surface area contributed by atoms with Gasteiger partial charge >= 0.3 is 5.97 Å². The van der Waals surface area contributed by atoms with E-state index in [2.05, 4.69) is 22.9 Å². The number of rotatable bonds is 3. The van der Waals surface area contributed by atoms with Crippen LogP contribution in [0.2, 0.25) is 0 Å². The first-order chi connectivity index (χ1) is 5.65. The summed E-state index contributed by atoms with van der Waals surface area (Å²) in [5.41, 5.74) is 0.378. The normalized spacial score (nSPS) is 10.2. The molecule has 0 aromatic carbocycles. The average molecular weight is 249 g/mol. The molecule has 0 radical (unpaired) electrons. The summed E-state index contributed by atoms with van der Waals surface area (Å²) in [5.74, 6) is -0.861. The van der Waals surface area contributed by atoms with E-state index in [1.807, 2.05) is 0 Å². The lowest BCUT2D eigenvalue weighted by Crippen LogP contribution is -1.93. The van der Waals surface area contributed by atoms with Crippen molar-refractivity contribution in [3.63, 3.8) is 0 Å². The summed E-state index contributed by atoms with van der Waals surface area (Å²) in [6, 6.07) is 1.74. The number of carboxylic acid groups (broad SMARTS) is 1. The van der Waals surface area contributed by atoms with Crippen molar-refractivity contribution in [1.82, 2.24) is 0 Å². The first-order valence-electron chi connectivity index (χ1n) is 3.66. The minimum atomic E-state index is -0.861. The molecular weight excluding hydrogens is 240 g/mol. The minimum absolute atomic E-state index is 0.378. The van der Waals surface area contributed by atoms with E-state index in [4.69, 9.17) is 5.11 Å². The molecule has 0 bridgehead atoms. The second kappa shape index (κ2) is 4.05. The van der Waals surface area contributed by atoms with Crippen molar-refractivity contribution in [2.75, 3.05) is 0 Å².